The molecule has 0 amide bonds. The zero-order valence-electron chi connectivity index (χ0n) is 16.3. The van der Waals surface area contributed by atoms with Gasteiger partial charge in [0.2, 0.25) is 0 Å². The van der Waals surface area contributed by atoms with E-state index in [-0.39, 0.29) is 5.79 Å². The number of ether oxygens (including phenoxy) is 2. The highest BCUT2D eigenvalue weighted by atomic mass is 16.7. The van der Waals surface area contributed by atoms with Crippen LogP contribution in [0.2, 0.25) is 0 Å². The van der Waals surface area contributed by atoms with Crippen LogP contribution < -0.4 is 0 Å². The lowest BCUT2D eigenvalue weighted by Crippen LogP contribution is -2.51. The highest BCUT2D eigenvalue weighted by Crippen LogP contribution is 2.65. The summed E-state index contributed by atoms with van der Waals surface area (Å²) in [6.07, 6.45) is 12.3. The van der Waals surface area contributed by atoms with Crippen molar-refractivity contribution in [3.05, 3.63) is 12.2 Å². The molecule has 7 atom stereocenters. The molecule has 140 valence electrons. The molecule has 1 spiro atoms. The van der Waals surface area contributed by atoms with E-state index in [4.69, 9.17) is 9.47 Å². The zero-order valence-corrected chi connectivity index (χ0v) is 16.3. The van der Waals surface area contributed by atoms with Gasteiger partial charge in [0.25, 0.3) is 0 Å². The van der Waals surface area contributed by atoms with Crippen LogP contribution in [-0.4, -0.2) is 19.0 Å². The van der Waals surface area contributed by atoms with Crippen LogP contribution in [0, 0.1) is 40.9 Å². The maximum absolute atomic E-state index is 6.06. The Morgan fingerprint density at radius 1 is 0.880 bits per heavy atom. The summed E-state index contributed by atoms with van der Waals surface area (Å²) in [5.41, 5.74) is 2.00. The molecule has 0 aromatic carbocycles. The number of allylic oxidation sites excluding steroid dienone is 1. The first-order chi connectivity index (χ1) is 12.0. The molecule has 1 saturated heterocycles. The molecule has 2 nitrogen and oxygen atoms in total. The van der Waals surface area contributed by atoms with E-state index in [1.165, 1.54) is 56.9 Å². The van der Waals surface area contributed by atoms with Gasteiger partial charge in [-0.3, -0.25) is 0 Å². The van der Waals surface area contributed by atoms with Crippen molar-refractivity contribution in [2.45, 2.75) is 77.4 Å². The van der Waals surface area contributed by atoms with Gasteiger partial charge in [0.15, 0.2) is 5.79 Å². The van der Waals surface area contributed by atoms with Gasteiger partial charge >= 0.3 is 0 Å². The largest absolute Gasteiger partial charge is 0.348 e. The Morgan fingerprint density at radius 3 is 2.40 bits per heavy atom. The molecule has 5 aliphatic rings. The van der Waals surface area contributed by atoms with E-state index in [1.807, 2.05) is 0 Å². The van der Waals surface area contributed by atoms with Crippen molar-refractivity contribution in [2.75, 3.05) is 13.2 Å². The lowest BCUT2D eigenvalue weighted by Gasteiger charge is -2.57. The fraction of sp³-hybridized carbons (Fsp3) is 0.913. The van der Waals surface area contributed by atoms with Crippen LogP contribution in [0.5, 0.6) is 0 Å². The van der Waals surface area contributed by atoms with Crippen LogP contribution in [0.3, 0.4) is 0 Å². The molecule has 0 bridgehead atoms. The smallest absolute Gasteiger partial charge is 0.168 e. The fourth-order valence-electron chi connectivity index (χ4n) is 8.39. The van der Waals surface area contributed by atoms with E-state index >= 15 is 0 Å². The second kappa shape index (κ2) is 5.83. The van der Waals surface area contributed by atoms with Gasteiger partial charge in [-0.15, -0.1) is 0 Å². The SMILES string of the molecule is C=C(C)[C@H]1CC[C@H]2[C@@H]3CC[C@@H]4CC5(CC[C@@H]4[C@H]3CC[C@]12C)OCCO5. The zero-order chi connectivity index (χ0) is 17.2. The molecule has 2 heteroatoms. The van der Waals surface area contributed by atoms with Gasteiger partial charge in [0.1, 0.15) is 0 Å². The van der Waals surface area contributed by atoms with Gasteiger partial charge < -0.3 is 9.47 Å². The number of fused-ring (bicyclic) bond motifs is 5. The first-order valence-electron chi connectivity index (χ1n) is 11.0. The minimum absolute atomic E-state index is 0.185. The van der Waals surface area contributed by atoms with Gasteiger partial charge in [-0.2, -0.15) is 0 Å². The van der Waals surface area contributed by atoms with Gasteiger partial charge in [-0.05, 0) is 92.8 Å². The Hall–Kier alpha value is -0.340. The third-order valence-corrected chi connectivity index (χ3v) is 9.36. The highest BCUT2D eigenvalue weighted by Gasteiger charge is 2.58. The molecule has 1 heterocycles. The summed E-state index contributed by atoms with van der Waals surface area (Å²) in [5, 5.41) is 0. The molecule has 5 fully saturated rings. The molecular weight excluding hydrogens is 308 g/mol. The second-order valence-corrected chi connectivity index (χ2v) is 10.3. The third kappa shape index (κ3) is 2.42. The van der Waals surface area contributed by atoms with Crippen LogP contribution in [0.4, 0.5) is 0 Å². The Balaban J connectivity index is 1.35. The second-order valence-electron chi connectivity index (χ2n) is 10.3. The summed E-state index contributed by atoms with van der Waals surface area (Å²) in [5.74, 6) is 5.34. The van der Waals surface area contributed by atoms with Crippen LogP contribution in [-0.2, 0) is 9.47 Å². The van der Waals surface area contributed by atoms with E-state index in [2.05, 4.69) is 20.4 Å². The minimum atomic E-state index is -0.185. The molecule has 25 heavy (non-hydrogen) atoms. The Morgan fingerprint density at radius 2 is 1.64 bits per heavy atom. The lowest BCUT2D eigenvalue weighted by molar-refractivity contribution is -0.209. The van der Waals surface area contributed by atoms with Crippen molar-refractivity contribution in [3.8, 4) is 0 Å². The Labute approximate surface area is 153 Å². The molecular formula is C23H36O2. The topological polar surface area (TPSA) is 18.5 Å². The summed E-state index contributed by atoms with van der Waals surface area (Å²) in [6, 6.07) is 0. The average molecular weight is 345 g/mol. The van der Waals surface area contributed by atoms with Crippen LogP contribution in [0.25, 0.3) is 0 Å². The van der Waals surface area contributed by atoms with Crippen LogP contribution >= 0.6 is 0 Å². The van der Waals surface area contributed by atoms with Crippen molar-refractivity contribution in [1.82, 2.24) is 0 Å². The van der Waals surface area contributed by atoms with E-state index in [0.717, 1.165) is 55.1 Å². The van der Waals surface area contributed by atoms with Crippen molar-refractivity contribution >= 4 is 0 Å². The fourth-order valence-corrected chi connectivity index (χ4v) is 8.39. The predicted molar refractivity (Wildman–Crippen MR) is 100 cm³/mol. The Kier molecular flexibility index (Phi) is 3.92. The van der Waals surface area contributed by atoms with Crippen molar-refractivity contribution < 1.29 is 9.47 Å². The average Bonchev–Trinajstić information content (AvgIpc) is 3.18. The highest BCUT2D eigenvalue weighted by molar-refractivity contribution is 5.14. The predicted octanol–water partition coefficient (Wildman–Crippen LogP) is 5.57. The normalized spacial score (nSPS) is 51.0. The van der Waals surface area contributed by atoms with E-state index < -0.39 is 0 Å². The first kappa shape index (κ1) is 16.8. The molecule has 1 aliphatic heterocycles. The van der Waals surface area contributed by atoms with E-state index in [9.17, 15) is 0 Å². The third-order valence-electron chi connectivity index (χ3n) is 9.36. The number of rotatable bonds is 1. The van der Waals surface area contributed by atoms with Gasteiger partial charge in [-0.1, -0.05) is 19.1 Å². The lowest BCUT2D eigenvalue weighted by atomic mass is 9.49. The standard InChI is InChI=1S/C23H36O2/c1-15(2)20-6-7-21-19-5-4-16-14-23(24-12-13-25-23)11-9-17(16)18(19)8-10-22(20,21)3/h16-21H,1,4-14H2,2-3H3/t16-,17+,18-,19-,20-,21+,22-/m1/s1. The molecule has 0 aromatic rings. The molecule has 0 aromatic heterocycles. The first-order valence-corrected chi connectivity index (χ1v) is 11.0. The monoisotopic (exact) mass is 344 g/mol. The number of hydrogen-bond donors (Lipinski definition) is 0. The quantitative estimate of drug-likeness (QED) is 0.579. The van der Waals surface area contributed by atoms with E-state index in [1.54, 1.807) is 0 Å². The molecule has 5 rings (SSSR count). The molecule has 4 saturated carbocycles. The van der Waals surface area contributed by atoms with Gasteiger partial charge in [0, 0.05) is 12.8 Å². The summed E-state index contributed by atoms with van der Waals surface area (Å²) in [4.78, 5) is 0. The van der Waals surface area contributed by atoms with Gasteiger partial charge in [0.05, 0.1) is 13.2 Å². The maximum Gasteiger partial charge on any atom is 0.168 e. The van der Waals surface area contributed by atoms with E-state index in [0.29, 0.717) is 5.41 Å². The summed E-state index contributed by atoms with van der Waals surface area (Å²) in [6.45, 7) is 10.9. The van der Waals surface area contributed by atoms with Crippen LogP contribution in [0.1, 0.15) is 71.6 Å². The van der Waals surface area contributed by atoms with Crippen LogP contribution in [0.15, 0.2) is 12.2 Å². The Bertz CT molecular complexity index is 548. The summed E-state index contributed by atoms with van der Waals surface area (Å²) >= 11 is 0. The number of hydrogen-bond acceptors (Lipinski definition) is 2. The van der Waals surface area contributed by atoms with Crippen molar-refractivity contribution in [2.24, 2.45) is 40.9 Å². The maximum atomic E-state index is 6.06. The summed E-state index contributed by atoms with van der Waals surface area (Å²) in [7, 11) is 0. The van der Waals surface area contributed by atoms with Crippen molar-refractivity contribution in [3.63, 3.8) is 0 Å². The summed E-state index contributed by atoms with van der Waals surface area (Å²) < 4.78 is 12.1. The minimum Gasteiger partial charge on any atom is -0.348 e. The van der Waals surface area contributed by atoms with Gasteiger partial charge in [-0.25, -0.2) is 0 Å². The molecule has 0 N–H and O–H groups in total. The van der Waals surface area contributed by atoms with Crippen molar-refractivity contribution in [1.29, 1.82) is 0 Å². The molecule has 0 radical (unpaired) electrons. The molecule has 4 aliphatic carbocycles. The molecule has 0 unspecified atom stereocenters.